The molecule has 0 heterocycles. The number of para-hydroxylation sites is 1. The third kappa shape index (κ3) is 5.44. The average Bonchev–Trinajstić information content (AvgIpc) is 2.59. The van der Waals surface area contributed by atoms with E-state index in [9.17, 15) is 35.9 Å². The lowest BCUT2D eigenvalue weighted by atomic mass is 10.1. The Balaban J connectivity index is 2.19. The normalized spacial score (nSPS) is 12.2. The molecular formula is C18H11F6NO2. The number of amides is 1. The van der Waals surface area contributed by atoms with Crippen molar-refractivity contribution in [3.05, 3.63) is 71.3 Å². The number of rotatable bonds is 4. The Bertz CT molecular complexity index is 867. The Hall–Kier alpha value is -3.10. The van der Waals surface area contributed by atoms with Gasteiger partial charge in [-0.25, -0.2) is 0 Å². The van der Waals surface area contributed by atoms with Gasteiger partial charge in [-0.3, -0.25) is 9.59 Å². The van der Waals surface area contributed by atoms with E-state index in [2.05, 4.69) is 0 Å². The summed E-state index contributed by atoms with van der Waals surface area (Å²) in [5.74, 6) is -2.96. The summed E-state index contributed by atoms with van der Waals surface area (Å²) in [4.78, 5) is 23.2. The van der Waals surface area contributed by atoms with Gasteiger partial charge in [0, 0.05) is 5.56 Å². The number of carbonyl (C=O) groups excluding carboxylic acids is 2. The molecule has 0 saturated carbocycles. The summed E-state index contributed by atoms with van der Waals surface area (Å²) in [6.45, 7) is 0. The Labute approximate surface area is 149 Å². The topological polar surface area (TPSA) is 46.2 Å². The zero-order valence-electron chi connectivity index (χ0n) is 13.4. The third-order valence-electron chi connectivity index (χ3n) is 3.36. The maximum absolute atomic E-state index is 12.5. The minimum atomic E-state index is -5.12. The molecule has 0 saturated heterocycles. The molecule has 27 heavy (non-hydrogen) atoms. The second-order valence-electron chi connectivity index (χ2n) is 5.31. The molecule has 0 unspecified atom stereocenters. The zero-order valence-corrected chi connectivity index (χ0v) is 13.4. The van der Waals surface area contributed by atoms with Crippen molar-refractivity contribution < 1.29 is 35.9 Å². The van der Waals surface area contributed by atoms with Crippen molar-refractivity contribution >= 4 is 23.5 Å². The van der Waals surface area contributed by atoms with E-state index in [0.717, 1.165) is 36.4 Å². The molecule has 0 fully saturated rings. The fourth-order valence-electron chi connectivity index (χ4n) is 2.05. The molecular weight excluding hydrogens is 376 g/mol. The van der Waals surface area contributed by atoms with Crippen molar-refractivity contribution in [2.75, 3.05) is 5.32 Å². The molecule has 0 aromatic heterocycles. The van der Waals surface area contributed by atoms with Crippen LogP contribution in [0.15, 0.2) is 54.6 Å². The number of anilines is 1. The van der Waals surface area contributed by atoms with Crippen molar-refractivity contribution in [3.8, 4) is 0 Å². The first-order valence-corrected chi connectivity index (χ1v) is 7.35. The van der Waals surface area contributed by atoms with Crippen LogP contribution in [0.4, 0.5) is 32.0 Å². The van der Waals surface area contributed by atoms with Crippen molar-refractivity contribution in [1.82, 2.24) is 0 Å². The first-order chi connectivity index (χ1) is 12.5. The smallest absolute Gasteiger partial charge is 0.318 e. The van der Waals surface area contributed by atoms with E-state index in [-0.39, 0.29) is 16.8 Å². The molecule has 0 radical (unpaired) electrons. The highest BCUT2D eigenvalue weighted by Gasteiger charge is 2.39. The fraction of sp³-hybridized carbons (Fsp3) is 0.111. The number of allylic oxidation sites excluding steroid dienone is 1. The number of halogens is 6. The van der Waals surface area contributed by atoms with Gasteiger partial charge in [-0.2, -0.15) is 26.3 Å². The Kier molecular flexibility index (Phi) is 5.72. The molecule has 0 bridgehead atoms. The summed E-state index contributed by atoms with van der Waals surface area (Å²) in [5, 5.41) is 1.61. The van der Waals surface area contributed by atoms with E-state index in [0.29, 0.717) is 0 Å². The molecule has 9 heteroatoms. The molecule has 0 spiro atoms. The monoisotopic (exact) mass is 387 g/mol. The molecule has 142 valence electrons. The van der Waals surface area contributed by atoms with Crippen molar-refractivity contribution in [3.63, 3.8) is 0 Å². The van der Waals surface area contributed by atoms with Gasteiger partial charge >= 0.3 is 18.3 Å². The van der Waals surface area contributed by atoms with Crippen LogP contribution in [-0.4, -0.2) is 17.9 Å². The van der Waals surface area contributed by atoms with Gasteiger partial charge in [-0.05, 0) is 35.9 Å². The van der Waals surface area contributed by atoms with Crippen molar-refractivity contribution in [2.24, 2.45) is 0 Å². The molecule has 1 N–H and O–H groups in total. The summed E-state index contributed by atoms with van der Waals surface area (Å²) in [6.07, 6.45) is -7.41. The molecule has 0 atom stereocenters. The van der Waals surface area contributed by atoms with E-state index >= 15 is 0 Å². The van der Waals surface area contributed by atoms with Crippen LogP contribution in [0.3, 0.4) is 0 Å². The van der Waals surface area contributed by atoms with Crippen LogP contribution in [-0.2, 0) is 11.0 Å². The average molecular weight is 387 g/mol. The summed E-state index contributed by atoms with van der Waals surface area (Å²) in [6, 6.07) is 9.02. The summed E-state index contributed by atoms with van der Waals surface area (Å²) < 4.78 is 74.6. The first-order valence-electron chi connectivity index (χ1n) is 7.35. The maximum atomic E-state index is 12.5. The third-order valence-corrected chi connectivity index (χ3v) is 3.36. The quantitative estimate of drug-likeness (QED) is 0.451. The van der Waals surface area contributed by atoms with Crippen LogP contribution in [0.5, 0.6) is 0 Å². The number of nitrogens with one attached hydrogen (secondary N) is 1. The lowest BCUT2D eigenvalue weighted by Crippen LogP contribution is -2.30. The molecule has 0 aliphatic carbocycles. The number of ketones is 1. The van der Waals surface area contributed by atoms with Crippen LogP contribution in [0.2, 0.25) is 0 Å². The second kappa shape index (κ2) is 7.65. The number of carbonyl (C=O) groups is 2. The summed E-state index contributed by atoms with van der Waals surface area (Å²) in [5.41, 5.74) is -1.10. The molecule has 0 aliphatic rings. The molecule has 2 rings (SSSR count). The van der Waals surface area contributed by atoms with Crippen molar-refractivity contribution in [2.45, 2.75) is 12.4 Å². The first kappa shape index (κ1) is 20.2. The van der Waals surface area contributed by atoms with Gasteiger partial charge in [0.05, 0.1) is 11.3 Å². The summed E-state index contributed by atoms with van der Waals surface area (Å²) in [7, 11) is 0. The molecule has 2 aromatic rings. The van der Waals surface area contributed by atoms with Gasteiger partial charge in [-0.1, -0.05) is 30.3 Å². The molecule has 1 amide bonds. The summed E-state index contributed by atoms with van der Waals surface area (Å²) >= 11 is 0. The SMILES string of the molecule is O=C(/C=C/c1ccc(C(F)(F)F)cc1)c1ccccc1NC(=O)C(F)(F)F. The van der Waals surface area contributed by atoms with E-state index in [1.165, 1.54) is 24.3 Å². The Morgan fingerprint density at radius 1 is 0.852 bits per heavy atom. The predicted molar refractivity (Wildman–Crippen MR) is 85.9 cm³/mol. The van der Waals surface area contributed by atoms with Gasteiger partial charge in [0.15, 0.2) is 5.78 Å². The van der Waals surface area contributed by atoms with Gasteiger partial charge in [-0.15, -0.1) is 0 Å². The molecule has 2 aromatic carbocycles. The second-order valence-corrected chi connectivity index (χ2v) is 5.31. The molecule has 3 nitrogen and oxygen atoms in total. The van der Waals surface area contributed by atoms with Gasteiger partial charge < -0.3 is 5.32 Å². The highest BCUT2D eigenvalue weighted by atomic mass is 19.4. The van der Waals surface area contributed by atoms with E-state index in [4.69, 9.17) is 0 Å². The fourth-order valence-corrected chi connectivity index (χ4v) is 2.05. The standard InChI is InChI=1S/C18H11F6NO2/c19-17(20,21)12-8-5-11(6-9-12)7-10-15(26)13-3-1-2-4-14(13)25-16(27)18(22,23)24/h1-10H,(H,25,27)/b10-7+. The van der Waals surface area contributed by atoms with Gasteiger partial charge in [0.2, 0.25) is 0 Å². The minimum Gasteiger partial charge on any atom is -0.318 e. The van der Waals surface area contributed by atoms with E-state index in [1.54, 1.807) is 5.32 Å². The van der Waals surface area contributed by atoms with Crippen LogP contribution in [0.1, 0.15) is 21.5 Å². The number of alkyl halides is 6. The van der Waals surface area contributed by atoms with E-state index in [1.807, 2.05) is 0 Å². The van der Waals surface area contributed by atoms with Crippen LogP contribution in [0, 0.1) is 0 Å². The highest BCUT2D eigenvalue weighted by Crippen LogP contribution is 2.29. The highest BCUT2D eigenvalue weighted by molar-refractivity contribution is 6.12. The van der Waals surface area contributed by atoms with Crippen LogP contribution in [0.25, 0.3) is 6.08 Å². The Morgan fingerprint density at radius 2 is 1.44 bits per heavy atom. The lowest BCUT2D eigenvalue weighted by molar-refractivity contribution is -0.167. The zero-order chi connectivity index (χ0) is 20.2. The largest absolute Gasteiger partial charge is 0.471 e. The number of benzene rings is 2. The van der Waals surface area contributed by atoms with Gasteiger partial charge in [0.1, 0.15) is 0 Å². The van der Waals surface area contributed by atoms with Gasteiger partial charge in [0.25, 0.3) is 0 Å². The Morgan fingerprint density at radius 3 is 2.00 bits per heavy atom. The minimum absolute atomic E-state index is 0.196. The molecule has 0 aliphatic heterocycles. The maximum Gasteiger partial charge on any atom is 0.471 e. The lowest BCUT2D eigenvalue weighted by Gasteiger charge is -2.10. The number of hydrogen-bond acceptors (Lipinski definition) is 2. The predicted octanol–water partition coefficient (Wildman–Crippen LogP) is 5.10. The van der Waals surface area contributed by atoms with E-state index < -0.39 is 29.6 Å². The van der Waals surface area contributed by atoms with Crippen molar-refractivity contribution in [1.29, 1.82) is 0 Å². The van der Waals surface area contributed by atoms with Crippen LogP contribution < -0.4 is 5.32 Å². The van der Waals surface area contributed by atoms with Crippen LogP contribution >= 0.6 is 0 Å². The number of hydrogen-bond donors (Lipinski definition) is 1.